The van der Waals surface area contributed by atoms with Gasteiger partial charge in [-0.1, -0.05) is 18.5 Å². The van der Waals surface area contributed by atoms with E-state index in [1.807, 2.05) is 13.8 Å². The standard InChI is InChI=1S/C13H21ClN4/c1-4-18-7-5-6-11(18)8-15-13-9(2)12(14)16-10(3)17-13/h11H,4-8H2,1-3H3,(H,15,16,17). The van der Waals surface area contributed by atoms with Crippen molar-refractivity contribution in [3.05, 3.63) is 16.5 Å². The quantitative estimate of drug-likeness (QED) is 0.853. The van der Waals surface area contributed by atoms with Crippen molar-refractivity contribution >= 4 is 17.4 Å². The molecule has 4 nitrogen and oxygen atoms in total. The van der Waals surface area contributed by atoms with Gasteiger partial charge in [0.05, 0.1) is 0 Å². The molecule has 1 N–H and O–H groups in total. The van der Waals surface area contributed by atoms with Crippen LogP contribution in [0.15, 0.2) is 0 Å². The Labute approximate surface area is 114 Å². The molecule has 0 aromatic carbocycles. The Balaban J connectivity index is 2.02. The zero-order valence-electron chi connectivity index (χ0n) is 11.3. The average Bonchev–Trinajstić information content (AvgIpc) is 2.79. The molecule has 1 aromatic rings. The van der Waals surface area contributed by atoms with Gasteiger partial charge in [0.25, 0.3) is 0 Å². The molecular weight excluding hydrogens is 248 g/mol. The summed E-state index contributed by atoms with van der Waals surface area (Å²) in [4.78, 5) is 11.1. The highest BCUT2D eigenvalue weighted by molar-refractivity contribution is 6.30. The molecular formula is C13H21ClN4. The predicted octanol–water partition coefficient (Wildman–Crippen LogP) is 2.64. The number of rotatable bonds is 4. The zero-order chi connectivity index (χ0) is 13.1. The molecule has 0 saturated carbocycles. The molecule has 2 rings (SSSR count). The van der Waals surface area contributed by atoms with Gasteiger partial charge in [0.2, 0.25) is 0 Å². The Hall–Kier alpha value is -0.870. The number of aromatic nitrogens is 2. The topological polar surface area (TPSA) is 41.0 Å². The first-order valence-corrected chi connectivity index (χ1v) is 6.98. The van der Waals surface area contributed by atoms with Crippen molar-refractivity contribution in [1.29, 1.82) is 0 Å². The van der Waals surface area contributed by atoms with Crippen molar-refractivity contribution in [3.8, 4) is 0 Å². The average molecular weight is 269 g/mol. The summed E-state index contributed by atoms with van der Waals surface area (Å²) in [5, 5.41) is 3.97. The van der Waals surface area contributed by atoms with Crippen LogP contribution < -0.4 is 5.32 Å². The lowest BCUT2D eigenvalue weighted by Crippen LogP contribution is -2.34. The second kappa shape index (κ2) is 5.85. The fraction of sp³-hybridized carbons (Fsp3) is 0.692. The van der Waals surface area contributed by atoms with Crippen LogP contribution in [0.2, 0.25) is 5.15 Å². The van der Waals surface area contributed by atoms with E-state index in [9.17, 15) is 0 Å². The van der Waals surface area contributed by atoms with Crippen molar-refractivity contribution in [2.24, 2.45) is 0 Å². The molecule has 0 spiro atoms. The van der Waals surface area contributed by atoms with E-state index in [0.29, 0.717) is 17.0 Å². The van der Waals surface area contributed by atoms with E-state index in [0.717, 1.165) is 24.5 Å². The third-order valence-electron chi connectivity index (χ3n) is 3.61. The van der Waals surface area contributed by atoms with Gasteiger partial charge in [0, 0.05) is 18.2 Å². The maximum atomic E-state index is 6.07. The molecule has 0 amide bonds. The highest BCUT2D eigenvalue weighted by Gasteiger charge is 2.22. The lowest BCUT2D eigenvalue weighted by Gasteiger charge is -2.23. The molecule has 100 valence electrons. The van der Waals surface area contributed by atoms with Gasteiger partial charge in [0.1, 0.15) is 16.8 Å². The van der Waals surface area contributed by atoms with Gasteiger partial charge in [-0.15, -0.1) is 0 Å². The van der Waals surface area contributed by atoms with Crippen molar-refractivity contribution in [2.45, 2.75) is 39.7 Å². The molecule has 1 aliphatic rings. The Bertz CT molecular complexity index is 422. The summed E-state index contributed by atoms with van der Waals surface area (Å²) in [5.74, 6) is 1.59. The normalized spacial score (nSPS) is 20.3. The SMILES string of the molecule is CCN1CCCC1CNc1nc(C)nc(Cl)c1C. The molecule has 1 unspecified atom stereocenters. The van der Waals surface area contributed by atoms with Gasteiger partial charge in [-0.2, -0.15) is 0 Å². The summed E-state index contributed by atoms with van der Waals surface area (Å²) >= 11 is 6.07. The number of halogens is 1. The third kappa shape index (κ3) is 2.93. The molecule has 0 aliphatic carbocycles. The number of hydrogen-bond donors (Lipinski definition) is 1. The number of hydrogen-bond acceptors (Lipinski definition) is 4. The van der Waals surface area contributed by atoms with E-state index < -0.39 is 0 Å². The Morgan fingerprint density at radius 2 is 2.17 bits per heavy atom. The highest BCUT2D eigenvalue weighted by atomic mass is 35.5. The molecule has 1 saturated heterocycles. The maximum absolute atomic E-state index is 6.07. The minimum absolute atomic E-state index is 0.545. The second-order valence-electron chi connectivity index (χ2n) is 4.84. The first kappa shape index (κ1) is 13.6. The third-order valence-corrected chi connectivity index (χ3v) is 3.98. The molecule has 1 aromatic heterocycles. The van der Waals surface area contributed by atoms with Crippen LogP contribution in [0.25, 0.3) is 0 Å². The van der Waals surface area contributed by atoms with Crippen LogP contribution in [0, 0.1) is 13.8 Å². The Morgan fingerprint density at radius 3 is 2.89 bits per heavy atom. The van der Waals surface area contributed by atoms with Gasteiger partial charge in [-0.25, -0.2) is 9.97 Å². The van der Waals surface area contributed by atoms with Crippen LogP contribution in [0.5, 0.6) is 0 Å². The van der Waals surface area contributed by atoms with Crippen molar-refractivity contribution in [3.63, 3.8) is 0 Å². The van der Waals surface area contributed by atoms with Gasteiger partial charge in [-0.3, -0.25) is 4.90 Å². The fourth-order valence-electron chi connectivity index (χ4n) is 2.52. The Morgan fingerprint density at radius 1 is 1.39 bits per heavy atom. The zero-order valence-corrected chi connectivity index (χ0v) is 12.1. The van der Waals surface area contributed by atoms with E-state index in [1.165, 1.54) is 19.4 Å². The molecule has 1 fully saturated rings. The molecule has 0 radical (unpaired) electrons. The number of likely N-dealkylation sites (N-methyl/N-ethyl adjacent to an activating group) is 1. The summed E-state index contributed by atoms with van der Waals surface area (Å²) in [6.07, 6.45) is 2.56. The molecule has 1 aliphatic heterocycles. The number of nitrogens with zero attached hydrogens (tertiary/aromatic N) is 3. The minimum atomic E-state index is 0.545. The van der Waals surface area contributed by atoms with Crippen LogP contribution in [0.3, 0.4) is 0 Å². The molecule has 1 atom stereocenters. The van der Waals surface area contributed by atoms with E-state index in [2.05, 4.69) is 27.1 Å². The largest absolute Gasteiger partial charge is 0.368 e. The van der Waals surface area contributed by atoms with Crippen molar-refractivity contribution in [2.75, 3.05) is 25.0 Å². The van der Waals surface area contributed by atoms with Crippen LogP contribution in [-0.4, -0.2) is 40.5 Å². The van der Waals surface area contributed by atoms with E-state index in [4.69, 9.17) is 11.6 Å². The van der Waals surface area contributed by atoms with Crippen LogP contribution >= 0.6 is 11.6 Å². The van der Waals surface area contributed by atoms with Crippen molar-refractivity contribution < 1.29 is 0 Å². The molecule has 18 heavy (non-hydrogen) atoms. The fourth-order valence-corrected chi connectivity index (χ4v) is 2.74. The summed E-state index contributed by atoms with van der Waals surface area (Å²) in [5.41, 5.74) is 0.934. The van der Waals surface area contributed by atoms with Crippen molar-refractivity contribution in [1.82, 2.24) is 14.9 Å². The minimum Gasteiger partial charge on any atom is -0.368 e. The first-order valence-electron chi connectivity index (χ1n) is 6.60. The van der Waals surface area contributed by atoms with Gasteiger partial charge in [-0.05, 0) is 39.8 Å². The number of aryl methyl sites for hydroxylation is 1. The van der Waals surface area contributed by atoms with E-state index in [1.54, 1.807) is 0 Å². The van der Waals surface area contributed by atoms with Crippen LogP contribution in [0.4, 0.5) is 5.82 Å². The summed E-state index contributed by atoms with van der Waals surface area (Å²) in [7, 11) is 0. The molecule has 5 heteroatoms. The summed E-state index contributed by atoms with van der Waals surface area (Å²) < 4.78 is 0. The van der Waals surface area contributed by atoms with Crippen LogP contribution in [0.1, 0.15) is 31.2 Å². The first-order chi connectivity index (χ1) is 8.61. The smallest absolute Gasteiger partial charge is 0.137 e. The highest BCUT2D eigenvalue weighted by Crippen LogP contribution is 2.21. The Kier molecular flexibility index (Phi) is 4.40. The number of anilines is 1. The second-order valence-corrected chi connectivity index (χ2v) is 5.20. The van der Waals surface area contributed by atoms with Gasteiger partial charge < -0.3 is 5.32 Å². The van der Waals surface area contributed by atoms with E-state index >= 15 is 0 Å². The van der Waals surface area contributed by atoms with Crippen LogP contribution in [-0.2, 0) is 0 Å². The van der Waals surface area contributed by atoms with Gasteiger partial charge >= 0.3 is 0 Å². The summed E-state index contributed by atoms with van der Waals surface area (Å²) in [6, 6.07) is 0.614. The molecule has 0 bridgehead atoms. The number of nitrogens with one attached hydrogen (secondary N) is 1. The maximum Gasteiger partial charge on any atom is 0.137 e. The van der Waals surface area contributed by atoms with Gasteiger partial charge in [0.15, 0.2) is 0 Å². The van der Waals surface area contributed by atoms with E-state index in [-0.39, 0.29) is 0 Å². The lowest BCUT2D eigenvalue weighted by molar-refractivity contribution is 0.277. The predicted molar refractivity (Wildman–Crippen MR) is 75.3 cm³/mol. The monoisotopic (exact) mass is 268 g/mol. The summed E-state index contributed by atoms with van der Waals surface area (Å²) in [6.45, 7) is 9.30. The molecule has 2 heterocycles. The lowest BCUT2D eigenvalue weighted by atomic mass is 10.2. The number of likely N-dealkylation sites (tertiary alicyclic amines) is 1.